The Balaban J connectivity index is 2.97. The first-order chi connectivity index (χ1) is 9.72. The molecule has 1 fully saturated rings. The van der Waals surface area contributed by atoms with Gasteiger partial charge in [-0.3, -0.25) is 4.79 Å². The van der Waals surface area contributed by atoms with E-state index in [1.165, 1.54) is 6.92 Å². The van der Waals surface area contributed by atoms with Crippen molar-refractivity contribution in [3.05, 3.63) is 36.5 Å². The van der Waals surface area contributed by atoms with Crippen molar-refractivity contribution in [1.82, 2.24) is 0 Å². The van der Waals surface area contributed by atoms with Gasteiger partial charge in [0.15, 0.2) is 0 Å². The summed E-state index contributed by atoms with van der Waals surface area (Å²) >= 11 is 0. The third-order valence-electron chi connectivity index (χ3n) is 4.06. The van der Waals surface area contributed by atoms with Crippen molar-refractivity contribution in [3.63, 3.8) is 0 Å². The molecule has 0 aromatic carbocycles. The monoisotopic (exact) mass is 294 g/mol. The Morgan fingerprint density at radius 2 is 1.76 bits per heavy atom. The molecule has 1 aliphatic carbocycles. The van der Waals surface area contributed by atoms with Crippen molar-refractivity contribution < 1.29 is 19.7 Å². The number of ether oxygens (including phenoxy) is 1. The summed E-state index contributed by atoms with van der Waals surface area (Å²) in [5.74, 6) is -0.437. The van der Waals surface area contributed by atoms with Crippen LogP contribution >= 0.6 is 0 Å². The highest BCUT2D eigenvalue weighted by Gasteiger charge is 2.29. The van der Waals surface area contributed by atoms with Gasteiger partial charge >= 0.3 is 5.97 Å². The molecule has 0 aromatic heterocycles. The summed E-state index contributed by atoms with van der Waals surface area (Å²) < 4.78 is 5.24. The number of esters is 1. The highest BCUT2D eigenvalue weighted by Crippen LogP contribution is 2.31. The van der Waals surface area contributed by atoms with Crippen LogP contribution in [0.4, 0.5) is 0 Å². The van der Waals surface area contributed by atoms with Crippen molar-refractivity contribution in [2.24, 2.45) is 5.92 Å². The SMILES string of the molecule is C=C(C)[C@@H]1C[C@H](O)C(=C)CC[C@@H](OC(C)=O)C(=C)[C@@H](O)C1. The zero-order chi connectivity index (χ0) is 16.2. The molecule has 0 amide bonds. The van der Waals surface area contributed by atoms with Crippen LogP contribution in [-0.4, -0.2) is 34.5 Å². The summed E-state index contributed by atoms with van der Waals surface area (Å²) in [7, 11) is 0. The topological polar surface area (TPSA) is 66.8 Å². The average molecular weight is 294 g/mol. The second-order valence-electron chi connectivity index (χ2n) is 5.92. The lowest BCUT2D eigenvalue weighted by atomic mass is 9.82. The standard InChI is InChI=1S/C17H26O4/c1-10(2)14-8-15(19)11(3)6-7-17(21-13(5)18)12(4)16(20)9-14/h14-17,19-20H,1,3-4,6-9H2,2,5H3/t14-,15+,16+,17-/m1/s1. The molecule has 0 aliphatic heterocycles. The van der Waals surface area contributed by atoms with Gasteiger partial charge in [0, 0.05) is 6.92 Å². The van der Waals surface area contributed by atoms with Crippen molar-refractivity contribution in [3.8, 4) is 0 Å². The number of aliphatic hydroxyl groups excluding tert-OH is 2. The fraction of sp³-hybridized carbons (Fsp3) is 0.588. The number of hydrogen-bond acceptors (Lipinski definition) is 4. The van der Waals surface area contributed by atoms with E-state index < -0.39 is 24.3 Å². The van der Waals surface area contributed by atoms with E-state index in [0.29, 0.717) is 36.8 Å². The smallest absolute Gasteiger partial charge is 0.303 e. The maximum absolute atomic E-state index is 11.2. The predicted octanol–water partition coefficient (Wildman–Crippen LogP) is 2.52. The van der Waals surface area contributed by atoms with Crippen LogP contribution in [0.15, 0.2) is 36.5 Å². The number of rotatable bonds is 2. The summed E-state index contributed by atoms with van der Waals surface area (Å²) in [6.07, 6.45) is -0.0627. The van der Waals surface area contributed by atoms with Crippen LogP contribution in [0.3, 0.4) is 0 Å². The molecule has 0 bridgehead atoms. The molecule has 4 nitrogen and oxygen atoms in total. The number of carbonyl (C=O) groups excluding carboxylic acids is 1. The summed E-state index contributed by atoms with van der Waals surface area (Å²) in [4.78, 5) is 11.2. The van der Waals surface area contributed by atoms with E-state index in [1.54, 1.807) is 0 Å². The van der Waals surface area contributed by atoms with E-state index in [2.05, 4.69) is 19.7 Å². The lowest BCUT2D eigenvalue weighted by Crippen LogP contribution is -2.31. The van der Waals surface area contributed by atoms with Crippen LogP contribution in [0.2, 0.25) is 0 Å². The Kier molecular flexibility index (Phi) is 6.37. The van der Waals surface area contributed by atoms with Gasteiger partial charge in [-0.1, -0.05) is 25.3 Å². The van der Waals surface area contributed by atoms with Crippen LogP contribution in [0.5, 0.6) is 0 Å². The molecule has 2 N–H and O–H groups in total. The van der Waals surface area contributed by atoms with E-state index in [9.17, 15) is 15.0 Å². The van der Waals surface area contributed by atoms with E-state index in [-0.39, 0.29) is 5.92 Å². The van der Waals surface area contributed by atoms with E-state index in [0.717, 1.165) is 5.57 Å². The number of allylic oxidation sites excluding steroid dienone is 1. The summed E-state index contributed by atoms with van der Waals surface area (Å²) in [5, 5.41) is 20.5. The molecule has 1 aliphatic rings. The van der Waals surface area contributed by atoms with Gasteiger partial charge in [-0.25, -0.2) is 0 Å². The molecule has 0 radical (unpaired) electrons. The molecule has 4 atom stereocenters. The Morgan fingerprint density at radius 3 is 2.29 bits per heavy atom. The number of hydrogen-bond donors (Lipinski definition) is 2. The normalized spacial score (nSPS) is 31.6. The number of carbonyl (C=O) groups is 1. The zero-order valence-electron chi connectivity index (χ0n) is 13.0. The van der Waals surface area contributed by atoms with Crippen LogP contribution in [0, 0.1) is 5.92 Å². The molecule has 0 aromatic rings. The lowest BCUT2D eigenvalue weighted by Gasteiger charge is -2.30. The van der Waals surface area contributed by atoms with Crippen LogP contribution in [0.1, 0.15) is 39.5 Å². The van der Waals surface area contributed by atoms with E-state index in [1.807, 2.05) is 6.92 Å². The van der Waals surface area contributed by atoms with Crippen molar-refractivity contribution in [2.45, 2.75) is 57.8 Å². The molecule has 1 saturated carbocycles. The first kappa shape index (κ1) is 17.7. The van der Waals surface area contributed by atoms with Gasteiger partial charge in [0.2, 0.25) is 0 Å². The first-order valence-corrected chi connectivity index (χ1v) is 7.27. The van der Waals surface area contributed by atoms with Gasteiger partial charge in [-0.15, -0.1) is 0 Å². The highest BCUT2D eigenvalue weighted by atomic mass is 16.5. The van der Waals surface area contributed by atoms with Gasteiger partial charge in [0.05, 0.1) is 12.2 Å². The highest BCUT2D eigenvalue weighted by molar-refractivity contribution is 5.66. The largest absolute Gasteiger partial charge is 0.458 e. The molecular formula is C17H26O4. The second-order valence-corrected chi connectivity index (χ2v) is 5.92. The van der Waals surface area contributed by atoms with Crippen molar-refractivity contribution in [1.29, 1.82) is 0 Å². The van der Waals surface area contributed by atoms with Gasteiger partial charge in [-0.2, -0.15) is 0 Å². The zero-order valence-corrected chi connectivity index (χ0v) is 13.0. The summed E-state index contributed by atoms with van der Waals surface area (Å²) in [6, 6.07) is 0. The molecular weight excluding hydrogens is 268 g/mol. The van der Waals surface area contributed by atoms with Gasteiger partial charge in [0.25, 0.3) is 0 Å². The maximum Gasteiger partial charge on any atom is 0.303 e. The fourth-order valence-electron chi connectivity index (χ4n) is 2.57. The van der Waals surface area contributed by atoms with Crippen LogP contribution in [-0.2, 0) is 9.53 Å². The molecule has 0 heterocycles. The van der Waals surface area contributed by atoms with Crippen molar-refractivity contribution >= 4 is 5.97 Å². The minimum atomic E-state index is -0.783. The molecule has 1 rings (SSSR count). The summed E-state index contributed by atoms with van der Waals surface area (Å²) in [5.41, 5.74) is 2.11. The lowest BCUT2D eigenvalue weighted by molar-refractivity contribution is -0.145. The number of aliphatic hydroxyl groups is 2. The summed E-state index contributed by atoms with van der Waals surface area (Å²) in [6.45, 7) is 14.9. The fourth-order valence-corrected chi connectivity index (χ4v) is 2.57. The third-order valence-corrected chi connectivity index (χ3v) is 4.06. The van der Waals surface area contributed by atoms with Crippen LogP contribution < -0.4 is 0 Å². The minimum Gasteiger partial charge on any atom is -0.458 e. The molecule has 0 saturated heterocycles. The molecule has 118 valence electrons. The van der Waals surface area contributed by atoms with Crippen molar-refractivity contribution in [2.75, 3.05) is 0 Å². The Labute approximate surface area is 126 Å². The maximum atomic E-state index is 11.2. The quantitative estimate of drug-likeness (QED) is 0.606. The third kappa shape index (κ3) is 5.14. The first-order valence-electron chi connectivity index (χ1n) is 7.27. The average Bonchev–Trinajstić information content (AvgIpc) is 2.39. The van der Waals surface area contributed by atoms with E-state index >= 15 is 0 Å². The van der Waals surface area contributed by atoms with Gasteiger partial charge in [-0.05, 0) is 49.7 Å². The Hall–Kier alpha value is -1.39. The van der Waals surface area contributed by atoms with E-state index in [4.69, 9.17) is 4.74 Å². The molecule has 4 heteroatoms. The molecule has 0 unspecified atom stereocenters. The second kappa shape index (κ2) is 7.57. The minimum absolute atomic E-state index is 0.0282. The Morgan fingerprint density at radius 1 is 1.19 bits per heavy atom. The van der Waals surface area contributed by atoms with Gasteiger partial charge < -0.3 is 14.9 Å². The van der Waals surface area contributed by atoms with Crippen LogP contribution in [0.25, 0.3) is 0 Å². The van der Waals surface area contributed by atoms with Gasteiger partial charge in [0.1, 0.15) is 6.10 Å². The Bertz CT molecular complexity index is 438. The molecule has 0 spiro atoms. The molecule has 21 heavy (non-hydrogen) atoms. The predicted molar refractivity (Wildman–Crippen MR) is 82.6 cm³/mol.